The number of aromatic nitrogens is 3. The molecule has 0 bridgehead atoms. The van der Waals surface area contributed by atoms with E-state index in [1.807, 2.05) is 25.1 Å². The van der Waals surface area contributed by atoms with E-state index in [9.17, 15) is 4.79 Å². The van der Waals surface area contributed by atoms with Gasteiger partial charge in [0.25, 0.3) is 5.91 Å². The van der Waals surface area contributed by atoms with E-state index >= 15 is 0 Å². The number of carbonyl (C=O) groups excluding carboxylic acids is 1. The topological polar surface area (TPSA) is 103 Å². The largest absolute Gasteiger partial charge is 0.492 e. The SMILES string of the molecule is Cc1cnc(C(=O)Nc2cc(OCCN)cc3cccnc23)cn1. The third-order valence-corrected chi connectivity index (χ3v) is 3.33. The second-order valence-electron chi connectivity index (χ2n) is 5.18. The van der Waals surface area contributed by atoms with E-state index in [1.165, 1.54) is 6.20 Å². The summed E-state index contributed by atoms with van der Waals surface area (Å²) in [5.74, 6) is 0.261. The second kappa shape index (κ2) is 7.01. The van der Waals surface area contributed by atoms with Crippen LogP contribution in [0.15, 0.2) is 42.9 Å². The molecule has 0 fully saturated rings. The maximum Gasteiger partial charge on any atom is 0.275 e. The molecule has 122 valence electrons. The van der Waals surface area contributed by atoms with Gasteiger partial charge in [-0.1, -0.05) is 6.07 Å². The molecule has 0 spiro atoms. The van der Waals surface area contributed by atoms with Crippen molar-refractivity contribution in [3.05, 3.63) is 54.2 Å². The molecule has 24 heavy (non-hydrogen) atoms. The lowest BCUT2D eigenvalue weighted by molar-refractivity contribution is 0.102. The van der Waals surface area contributed by atoms with Crippen LogP contribution in [0.1, 0.15) is 16.2 Å². The van der Waals surface area contributed by atoms with E-state index in [0.717, 1.165) is 11.1 Å². The van der Waals surface area contributed by atoms with E-state index in [0.29, 0.717) is 30.1 Å². The summed E-state index contributed by atoms with van der Waals surface area (Å²) in [6.07, 6.45) is 4.66. The highest BCUT2D eigenvalue weighted by Crippen LogP contribution is 2.28. The molecular weight excluding hydrogens is 306 g/mol. The second-order valence-corrected chi connectivity index (χ2v) is 5.18. The number of hydrogen-bond acceptors (Lipinski definition) is 6. The van der Waals surface area contributed by atoms with Crippen molar-refractivity contribution in [1.29, 1.82) is 0 Å². The Morgan fingerprint density at radius 3 is 2.88 bits per heavy atom. The van der Waals surface area contributed by atoms with Gasteiger partial charge in [-0.2, -0.15) is 0 Å². The summed E-state index contributed by atoms with van der Waals surface area (Å²) in [7, 11) is 0. The number of amides is 1. The number of benzene rings is 1. The summed E-state index contributed by atoms with van der Waals surface area (Å²) < 4.78 is 5.57. The Morgan fingerprint density at radius 2 is 2.12 bits per heavy atom. The Balaban J connectivity index is 1.94. The molecule has 7 nitrogen and oxygen atoms in total. The molecule has 7 heteroatoms. The maximum absolute atomic E-state index is 12.4. The Hall–Kier alpha value is -3.06. The third kappa shape index (κ3) is 3.47. The highest BCUT2D eigenvalue weighted by Gasteiger charge is 2.12. The molecule has 0 unspecified atom stereocenters. The Labute approximate surface area is 138 Å². The number of anilines is 1. The monoisotopic (exact) mass is 323 g/mol. The lowest BCUT2D eigenvalue weighted by Crippen LogP contribution is -2.15. The molecule has 0 aliphatic heterocycles. The lowest BCUT2D eigenvalue weighted by atomic mass is 10.1. The van der Waals surface area contributed by atoms with Gasteiger partial charge in [-0.15, -0.1) is 0 Å². The van der Waals surface area contributed by atoms with Gasteiger partial charge in [0, 0.05) is 30.4 Å². The van der Waals surface area contributed by atoms with E-state index in [2.05, 4.69) is 20.3 Å². The minimum Gasteiger partial charge on any atom is -0.492 e. The van der Waals surface area contributed by atoms with Gasteiger partial charge in [0.15, 0.2) is 0 Å². The number of carbonyl (C=O) groups is 1. The number of ether oxygens (including phenoxy) is 1. The number of pyridine rings is 1. The summed E-state index contributed by atoms with van der Waals surface area (Å²) in [6.45, 7) is 2.61. The normalized spacial score (nSPS) is 10.6. The molecule has 2 heterocycles. The van der Waals surface area contributed by atoms with Crippen LogP contribution in [-0.4, -0.2) is 34.0 Å². The number of nitrogens with two attached hydrogens (primary N) is 1. The van der Waals surface area contributed by atoms with Crippen LogP contribution in [0.4, 0.5) is 5.69 Å². The fraction of sp³-hybridized carbons (Fsp3) is 0.176. The smallest absolute Gasteiger partial charge is 0.275 e. The number of nitrogens with zero attached hydrogens (tertiary/aromatic N) is 3. The minimum absolute atomic E-state index is 0.234. The van der Waals surface area contributed by atoms with Gasteiger partial charge < -0.3 is 15.8 Å². The quantitative estimate of drug-likeness (QED) is 0.743. The van der Waals surface area contributed by atoms with Crippen LogP contribution in [0.5, 0.6) is 5.75 Å². The van der Waals surface area contributed by atoms with Gasteiger partial charge >= 0.3 is 0 Å². The number of hydrogen-bond donors (Lipinski definition) is 2. The van der Waals surface area contributed by atoms with E-state index in [-0.39, 0.29) is 11.6 Å². The summed E-state index contributed by atoms with van der Waals surface area (Å²) in [6, 6.07) is 7.31. The van der Waals surface area contributed by atoms with E-state index < -0.39 is 0 Å². The lowest BCUT2D eigenvalue weighted by Gasteiger charge is -2.11. The van der Waals surface area contributed by atoms with Crippen molar-refractivity contribution in [3.63, 3.8) is 0 Å². The zero-order valence-electron chi connectivity index (χ0n) is 13.2. The summed E-state index contributed by atoms with van der Waals surface area (Å²) in [4.78, 5) is 24.9. The Morgan fingerprint density at radius 1 is 1.25 bits per heavy atom. The van der Waals surface area contributed by atoms with Gasteiger partial charge in [-0.25, -0.2) is 4.98 Å². The van der Waals surface area contributed by atoms with Gasteiger partial charge in [0.1, 0.15) is 18.1 Å². The third-order valence-electron chi connectivity index (χ3n) is 3.33. The van der Waals surface area contributed by atoms with Crippen LogP contribution in [-0.2, 0) is 0 Å². The molecule has 0 aliphatic rings. The molecular formula is C17H17N5O2. The van der Waals surface area contributed by atoms with Crippen molar-refractivity contribution in [1.82, 2.24) is 15.0 Å². The number of nitrogens with one attached hydrogen (secondary N) is 1. The van der Waals surface area contributed by atoms with Crippen LogP contribution >= 0.6 is 0 Å². The fourth-order valence-electron chi connectivity index (χ4n) is 2.22. The average Bonchev–Trinajstić information content (AvgIpc) is 2.60. The maximum atomic E-state index is 12.4. The van der Waals surface area contributed by atoms with Crippen LogP contribution in [0.25, 0.3) is 10.9 Å². The zero-order chi connectivity index (χ0) is 16.9. The molecule has 3 rings (SSSR count). The van der Waals surface area contributed by atoms with Crippen molar-refractivity contribution in [2.45, 2.75) is 6.92 Å². The number of aryl methyl sites for hydroxylation is 1. The van der Waals surface area contributed by atoms with E-state index in [4.69, 9.17) is 10.5 Å². The molecule has 0 saturated heterocycles. The van der Waals surface area contributed by atoms with Crippen molar-refractivity contribution < 1.29 is 9.53 Å². The first-order valence-corrected chi connectivity index (χ1v) is 7.49. The first kappa shape index (κ1) is 15.8. The Kier molecular flexibility index (Phi) is 4.62. The molecule has 1 amide bonds. The van der Waals surface area contributed by atoms with Crippen LogP contribution in [0.2, 0.25) is 0 Å². The number of rotatable bonds is 5. The van der Waals surface area contributed by atoms with Gasteiger partial charge in [-0.05, 0) is 19.1 Å². The van der Waals surface area contributed by atoms with Crippen molar-refractivity contribution in [3.8, 4) is 5.75 Å². The van der Waals surface area contributed by atoms with Crippen LogP contribution < -0.4 is 15.8 Å². The molecule has 2 aromatic heterocycles. The van der Waals surface area contributed by atoms with Gasteiger partial charge in [0.05, 0.1) is 23.1 Å². The van der Waals surface area contributed by atoms with Crippen LogP contribution in [0.3, 0.4) is 0 Å². The van der Waals surface area contributed by atoms with Crippen molar-refractivity contribution >= 4 is 22.5 Å². The first-order valence-electron chi connectivity index (χ1n) is 7.49. The van der Waals surface area contributed by atoms with Crippen molar-refractivity contribution in [2.24, 2.45) is 5.73 Å². The predicted molar refractivity (Wildman–Crippen MR) is 91.0 cm³/mol. The molecule has 3 aromatic rings. The Bertz CT molecular complexity index is 864. The minimum atomic E-state index is -0.356. The van der Waals surface area contributed by atoms with Crippen molar-refractivity contribution in [2.75, 3.05) is 18.5 Å². The van der Waals surface area contributed by atoms with Gasteiger partial charge in [0.2, 0.25) is 0 Å². The highest BCUT2D eigenvalue weighted by molar-refractivity contribution is 6.07. The predicted octanol–water partition coefficient (Wildman–Crippen LogP) is 1.92. The standard InChI is InChI=1S/C17H17N5O2/c1-11-9-21-15(10-20-11)17(23)22-14-8-13(24-6-4-18)7-12-3-2-5-19-16(12)14/h2-3,5,7-10H,4,6,18H2,1H3,(H,22,23). The zero-order valence-corrected chi connectivity index (χ0v) is 13.2. The molecule has 0 atom stereocenters. The highest BCUT2D eigenvalue weighted by atomic mass is 16.5. The molecule has 0 radical (unpaired) electrons. The summed E-state index contributed by atoms with van der Waals surface area (Å²) >= 11 is 0. The number of fused-ring (bicyclic) bond motifs is 1. The van der Waals surface area contributed by atoms with Crippen LogP contribution in [0, 0.1) is 6.92 Å². The molecule has 1 aromatic carbocycles. The molecule has 0 saturated carbocycles. The molecule has 3 N–H and O–H groups in total. The summed E-state index contributed by atoms with van der Waals surface area (Å²) in [5, 5.41) is 3.68. The molecule has 0 aliphatic carbocycles. The first-order chi connectivity index (χ1) is 11.7. The summed E-state index contributed by atoms with van der Waals surface area (Å²) in [5.41, 5.74) is 7.67. The van der Waals surface area contributed by atoms with Gasteiger partial charge in [-0.3, -0.25) is 14.8 Å². The van der Waals surface area contributed by atoms with E-state index in [1.54, 1.807) is 18.5 Å². The average molecular weight is 323 g/mol. The fourth-order valence-corrected chi connectivity index (χ4v) is 2.22.